The Morgan fingerprint density at radius 2 is 1.71 bits per heavy atom. The van der Waals surface area contributed by atoms with Gasteiger partial charge >= 0.3 is 5.97 Å². The molecule has 9 nitrogen and oxygen atoms in total. The number of imidazole rings is 1. The van der Waals surface area contributed by atoms with Crippen molar-refractivity contribution in [2.24, 2.45) is 0 Å². The lowest BCUT2D eigenvalue weighted by molar-refractivity contribution is -0.141. The van der Waals surface area contributed by atoms with Crippen LogP contribution in [-0.2, 0) is 19.6 Å². The number of carbonyl (C=O) groups excluding carboxylic acids is 2. The van der Waals surface area contributed by atoms with Gasteiger partial charge in [0.05, 0.1) is 22.5 Å². The third-order valence-electron chi connectivity index (χ3n) is 5.34. The van der Waals surface area contributed by atoms with Gasteiger partial charge in [0.1, 0.15) is 35.3 Å². The monoisotopic (exact) mass is 541 g/mol. The predicted octanol–water partition coefficient (Wildman–Crippen LogP) is 3.99. The maximum absolute atomic E-state index is 13.9. The lowest BCUT2D eigenvalue weighted by atomic mass is 9.98. The molecule has 0 aliphatic carbocycles. The van der Waals surface area contributed by atoms with E-state index in [9.17, 15) is 31.9 Å². The molecule has 0 radical (unpaired) electrons. The van der Waals surface area contributed by atoms with Crippen molar-refractivity contribution in [3.8, 4) is 0 Å². The van der Waals surface area contributed by atoms with E-state index >= 15 is 0 Å². The van der Waals surface area contributed by atoms with Crippen LogP contribution in [0, 0.1) is 11.6 Å². The van der Waals surface area contributed by atoms with Gasteiger partial charge in [-0.15, -0.1) is 0 Å². The molecular formula is C26H21F2N3O6S. The topological polar surface area (TPSA) is 138 Å². The van der Waals surface area contributed by atoms with Gasteiger partial charge in [-0.05, 0) is 43.3 Å². The predicted molar refractivity (Wildman–Crippen MR) is 134 cm³/mol. The van der Waals surface area contributed by atoms with Crippen molar-refractivity contribution in [2.75, 3.05) is 13.2 Å². The number of benzene rings is 3. The minimum Gasteiger partial charge on any atom is -0.506 e. The van der Waals surface area contributed by atoms with Crippen LogP contribution in [0.5, 0.6) is 0 Å². The van der Waals surface area contributed by atoms with Crippen molar-refractivity contribution in [2.45, 2.75) is 11.8 Å². The minimum atomic E-state index is -4.23. The number of H-pyrrole nitrogens is 1. The molecule has 0 fully saturated rings. The molecule has 0 unspecified atom stereocenters. The molecule has 3 N–H and O–H groups in total. The number of allylic oxidation sites excluding steroid dienone is 1. The number of para-hydroxylation sites is 2. The van der Waals surface area contributed by atoms with E-state index in [0.29, 0.717) is 17.1 Å². The fraction of sp³-hybridized carbons (Fsp3) is 0.115. The Bertz CT molecular complexity index is 1630. The molecule has 196 valence electrons. The summed E-state index contributed by atoms with van der Waals surface area (Å²) in [4.78, 5) is 32.1. The SMILES string of the molecule is CCOC(=O)CNS(=O)(=O)c1cccc(C(=O)C(=C(O)c2cc(F)cc(F)c2)c2nc3ccccc3[nH]2)c1. The first-order valence-electron chi connectivity index (χ1n) is 11.2. The van der Waals surface area contributed by atoms with Crippen molar-refractivity contribution in [3.05, 3.63) is 95.3 Å². The Labute approximate surface area is 215 Å². The second-order valence-corrected chi connectivity index (χ2v) is 9.74. The smallest absolute Gasteiger partial charge is 0.321 e. The number of carbonyl (C=O) groups is 2. The van der Waals surface area contributed by atoms with Crippen LogP contribution in [0.3, 0.4) is 0 Å². The van der Waals surface area contributed by atoms with E-state index in [4.69, 9.17) is 4.74 Å². The van der Waals surface area contributed by atoms with Gasteiger partial charge < -0.3 is 14.8 Å². The number of aliphatic hydroxyl groups is 1. The highest BCUT2D eigenvalue weighted by atomic mass is 32.2. The number of fused-ring (bicyclic) bond motifs is 1. The molecule has 0 amide bonds. The molecule has 0 saturated carbocycles. The number of halogens is 2. The third kappa shape index (κ3) is 5.76. The second kappa shape index (κ2) is 10.9. The number of ether oxygens (including phenoxy) is 1. The first-order chi connectivity index (χ1) is 18.1. The number of rotatable bonds is 9. The van der Waals surface area contributed by atoms with Crippen LogP contribution in [0.4, 0.5) is 8.78 Å². The Kier molecular flexibility index (Phi) is 7.65. The third-order valence-corrected chi connectivity index (χ3v) is 6.74. The molecular weight excluding hydrogens is 520 g/mol. The summed E-state index contributed by atoms with van der Waals surface area (Å²) in [6.07, 6.45) is 0. The van der Waals surface area contributed by atoms with Gasteiger partial charge in [0.25, 0.3) is 0 Å². The largest absolute Gasteiger partial charge is 0.506 e. The summed E-state index contributed by atoms with van der Waals surface area (Å²) in [5.74, 6) is -4.51. The van der Waals surface area contributed by atoms with Crippen LogP contribution in [-0.4, -0.2) is 48.4 Å². The Hall–Kier alpha value is -4.42. The molecule has 1 aromatic heterocycles. The zero-order valence-electron chi connectivity index (χ0n) is 19.9. The fourth-order valence-electron chi connectivity index (χ4n) is 3.63. The molecule has 0 spiro atoms. The lowest BCUT2D eigenvalue weighted by Crippen LogP contribution is -2.30. The van der Waals surface area contributed by atoms with Crippen LogP contribution in [0.25, 0.3) is 22.4 Å². The molecule has 4 aromatic rings. The van der Waals surface area contributed by atoms with Gasteiger partial charge in [-0.25, -0.2) is 22.2 Å². The number of ketones is 1. The van der Waals surface area contributed by atoms with Gasteiger partial charge in [0.15, 0.2) is 0 Å². The molecule has 38 heavy (non-hydrogen) atoms. The highest BCUT2D eigenvalue weighted by Gasteiger charge is 2.26. The van der Waals surface area contributed by atoms with E-state index in [2.05, 4.69) is 14.7 Å². The number of sulfonamides is 1. The number of Topliss-reactive ketones (excluding diaryl/α,β-unsaturated/α-hetero) is 1. The number of nitrogens with zero attached hydrogens (tertiary/aromatic N) is 1. The Morgan fingerprint density at radius 1 is 1.00 bits per heavy atom. The normalized spacial score (nSPS) is 12.3. The number of aromatic nitrogens is 2. The van der Waals surface area contributed by atoms with Crippen LogP contribution >= 0.6 is 0 Å². The summed E-state index contributed by atoms with van der Waals surface area (Å²) >= 11 is 0. The number of aromatic amines is 1. The van der Waals surface area contributed by atoms with Crippen LogP contribution in [0.1, 0.15) is 28.7 Å². The summed E-state index contributed by atoms with van der Waals surface area (Å²) in [5.41, 5.74) is 0.0188. The molecule has 0 aliphatic heterocycles. The molecule has 4 rings (SSSR count). The van der Waals surface area contributed by atoms with E-state index in [1.165, 1.54) is 18.2 Å². The fourth-order valence-corrected chi connectivity index (χ4v) is 4.65. The average Bonchev–Trinajstić information content (AvgIpc) is 3.31. The molecule has 0 aliphatic rings. The number of esters is 1. The highest BCUT2D eigenvalue weighted by Crippen LogP contribution is 2.29. The maximum Gasteiger partial charge on any atom is 0.321 e. The minimum absolute atomic E-state index is 0.0696. The molecule has 0 saturated heterocycles. The Morgan fingerprint density at radius 3 is 2.39 bits per heavy atom. The van der Waals surface area contributed by atoms with Crippen molar-refractivity contribution >= 4 is 44.1 Å². The van der Waals surface area contributed by atoms with Crippen molar-refractivity contribution in [1.29, 1.82) is 0 Å². The summed E-state index contributed by atoms with van der Waals surface area (Å²) in [5, 5.41) is 11.0. The average molecular weight is 542 g/mol. The molecule has 1 heterocycles. The Balaban J connectivity index is 1.81. The van der Waals surface area contributed by atoms with E-state index in [1.54, 1.807) is 31.2 Å². The maximum atomic E-state index is 13.9. The van der Waals surface area contributed by atoms with Gasteiger partial charge in [-0.2, -0.15) is 4.72 Å². The van der Waals surface area contributed by atoms with E-state index in [1.807, 2.05) is 0 Å². The number of hydrogen-bond acceptors (Lipinski definition) is 7. The zero-order valence-corrected chi connectivity index (χ0v) is 20.7. The first-order valence-corrected chi connectivity index (χ1v) is 12.7. The van der Waals surface area contributed by atoms with Gasteiger partial charge in [-0.1, -0.05) is 24.3 Å². The summed E-state index contributed by atoms with van der Waals surface area (Å²) in [6.45, 7) is 1.02. The molecule has 12 heteroatoms. The van der Waals surface area contributed by atoms with Gasteiger partial charge in [-0.3, -0.25) is 9.59 Å². The summed E-state index contributed by atoms with van der Waals surface area (Å²) < 4.78 is 60.1. The van der Waals surface area contributed by atoms with Crippen LogP contribution in [0.15, 0.2) is 71.6 Å². The van der Waals surface area contributed by atoms with Gasteiger partial charge in [0.2, 0.25) is 15.8 Å². The van der Waals surface area contributed by atoms with Crippen molar-refractivity contribution in [3.63, 3.8) is 0 Å². The standard InChI is InChI=1S/C26H21F2N3O6S/c1-2-37-22(32)14-29-38(35,36)19-7-5-6-15(12-19)24(33)23(25(34)16-10-17(27)13-18(28)11-16)26-30-20-8-3-4-9-21(20)31-26/h3-13,29,34H,2,14H2,1H3,(H,30,31). The highest BCUT2D eigenvalue weighted by molar-refractivity contribution is 7.89. The van der Waals surface area contributed by atoms with E-state index in [0.717, 1.165) is 18.2 Å². The number of hydrogen-bond donors (Lipinski definition) is 3. The van der Waals surface area contributed by atoms with Crippen molar-refractivity contribution < 1.29 is 36.6 Å². The molecule has 3 aromatic carbocycles. The summed E-state index contributed by atoms with van der Waals surface area (Å²) in [6, 6.07) is 13.9. The first kappa shape index (κ1) is 26.6. The second-order valence-electron chi connectivity index (χ2n) is 7.97. The van der Waals surface area contributed by atoms with Crippen LogP contribution < -0.4 is 4.72 Å². The van der Waals surface area contributed by atoms with Gasteiger partial charge in [0, 0.05) is 17.2 Å². The number of aliphatic hydroxyl groups excluding tert-OH is 1. The molecule has 0 atom stereocenters. The van der Waals surface area contributed by atoms with E-state index < -0.39 is 51.3 Å². The number of nitrogens with one attached hydrogen (secondary N) is 2. The lowest BCUT2D eigenvalue weighted by Gasteiger charge is -2.11. The quantitative estimate of drug-likeness (QED) is 0.126. The van der Waals surface area contributed by atoms with Crippen molar-refractivity contribution in [1.82, 2.24) is 14.7 Å². The zero-order chi connectivity index (χ0) is 27.4. The van der Waals surface area contributed by atoms with Crippen LogP contribution in [0.2, 0.25) is 0 Å². The molecule has 0 bridgehead atoms. The van der Waals surface area contributed by atoms with E-state index in [-0.39, 0.29) is 28.5 Å². The summed E-state index contributed by atoms with van der Waals surface area (Å²) in [7, 11) is -4.23.